The summed E-state index contributed by atoms with van der Waals surface area (Å²) in [5.41, 5.74) is 2.13. The Bertz CT molecular complexity index is 580. The molecule has 19 heavy (non-hydrogen) atoms. The van der Waals surface area contributed by atoms with Crippen molar-refractivity contribution in [2.75, 3.05) is 0 Å². The number of hydrogen-bond acceptors (Lipinski definition) is 4. The summed E-state index contributed by atoms with van der Waals surface area (Å²) in [6, 6.07) is 5.86. The minimum Gasteiger partial charge on any atom is -0.485 e. The molecule has 0 radical (unpaired) electrons. The lowest BCUT2D eigenvalue weighted by molar-refractivity contribution is 0.155. The van der Waals surface area contributed by atoms with Crippen molar-refractivity contribution < 1.29 is 9.84 Å². The smallest absolute Gasteiger partial charge is 0.164 e. The molecule has 1 aromatic carbocycles. The Morgan fingerprint density at radius 1 is 1.47 bits per heavy atom. The van der Waals surface area contributed by atoms with E-state index >= 15 is 0 Å². The number of aliphatic hydroxyl groups excluding tert-OH is 1. The number of nitrogens with zero attached hydrogens (tertiary/aromatic N) is 3. The Balaban J connectivity index is 1.82. The molecule has 5 heteroatoms. The van der Waals surface area contributed by atoms with E-state index in [1.54, 1.807) is 4.68 Å². The summed E-state index contributed by atoms with van der Waals surface area (Å²) in [6.45, 7) is 0.392. The van der Waals surface area contributed by atoms with Gasteiger partial charge in [-0.1, -0.05) is 12.1 Å². The van der Waals surface area contributed by atoms with Gasteiger partial charge in [0, 0.05) is 7.05 Å². The monoisotopic (exact) mass is 259 g/mol. The molecule has 0 saturated carbocycles. The largest absolute Gasteiger partial charge is 0.485 e. The SMILES string of the molecule is Cn1ncnc1COc1cccc2c1CCCC2O. The van der Waals surface area contributed by atoms with Gasteiger partial charge in [0.15, 0.2) is 5.82 Å². The molecule has 5 nitrogen and oxygen atoms in total. The normalized spacial score (nSPS) is 18.1. The van der Waals surface area contributed by atoms with Gasteiger partial charge in [0.1, 0.15) is 18.7 Å². The van der Waals surface area contributed by atoms with Crippen LogP contribution < -0.4 is 4.74 Å². The molecule has 0 fully saturated rings. The third kappa shape index (κ3) is 2.33. The predicted octanol–water partition coefficient (Wildman–Crippen LogP) is 1.76. The summed E-state index contributed by atoms with van der Waals surface area (Å²) in [6.07, 6.45) is 3.95. The van der Waals surface area contributed by atoms with Gasteiger partial charge < -0.3 is 9.84 Å². The van der Waals surface area contributed by atoms with E-state index in [4.69, 9.17) is 4.74 Å². The number of fused-ring (bicyclic) bond motifs is 1. The van der Waals surface area contributed by atoms with Crippen molar-refractivity contribution in [2.24, 2.45) is 7.05 Å². The molecule has 0 aliphatic heterocycles. The lowest BCUT2D eigenvalue weighted by atomic mass is 9.89. The molecule has 1 aliphatic carbocycles. The molecule has 0 spiro atoms. The highest BCUT2D eigenvalue weighted by molar-refractivity contribution is 5.42. The van der Waals surface area contributed by atoms with Gasteiger partial charge in [-0.25, -0.2) is 4.98 Å². The average Bonchev–Trinajstić information content (AvgIpc) is 2.82. The average molecular weight is 259 g/mol. The zero-order valence-corrected chi connectivity index (χ0v) is 10.9. The van der Waals surface area contributed by atoms with E-state index in [2.05, 4.69) is 10.1 Å². The number of aliphatic hydroxyl groups is 1. The zero-order valence-electron chi connectivity index (χ0n) is 10.9. The van der Waals surface area contributed by atoms with Gasteiger partial charge in [0.25, 0.3) is 0 Å². The third-order valence-electron chi connectivity index (χ3n) is 3.59. The second-order valence-corrected chi connectivity index (χ2v) is 4.82. The van der Waals surface area contributed by atoms with E-state index in [1.807, 2.05) is 25.2 Å². The summed E-state index contributed by atoms with van der Waals surface area (Å²) in [5.74, 6) is 1.63. The first-order chi connectivity index (χ1) is 9.25. The number of aryl methyl sites for hydroxylation is 1. The second kappa shape index (κ2) is 5.01. The van der Waals surface area contributed by atoms with Crippen LogP contribution in [0.25, 0.3) is 0 Å². The summed E-state index contributed by atoms with van der Waals surface area (Å²) in [5, 5.41) is 14.0. The van der Waals surface area contributed by atoms with E-state index < -0.39 is 0 Å². The minimum absolute atomic E-state index is 0.359. The molecule has 2 aromatic rings. The van der Waals surface area contributed by atoms with Crippen LogP contribution in [0.3, 0.4) is 0 Å². The first-order valence-electron chi connectivity index (χ1n) is 6.51. The fourth-order valence-corrected chi connectivity index (χ4v) is 2.52. The highest BCUT2D eigenvalue weighted by Gasteiger charge is 2.20. The van der Waals surface area contributed by atoms with Crippen LogP contribution in [0.4, 0.5) is 0 Å². The standard InChI is InChI=1S/C14H17N3O2/c1-17-14(15-9-16-17)8-19-13-7-3-4-10-11(13)5-2-6-12(10)18/h3-4,7,9,12,18H,2,5-6,8H2,1H3. The molecular formula is C14H17N3O2. The first-order valence-corrected chi connectivity index (χ1v) is 6.51. The van der Waals surface area contributed by atoms with Gasteiger partial charge in [0.2, 0.25) is 0 Å². The summed E-state index contributed by atoms with van der Waals surface area (Å²) in [7, 11) is 1.84. The van der Waals surface area contributed by atoms with Crippen LogP contribution in [-0.4, -0.2) is 19.9 Å². The molecule has 1 N–H and O–H groups in total. The summed E-state index contributed by atoms with van der Waals surface area (Å²) in [4.78, 5) is 4.14. The van der Waals surface area contributed by atoms with Crippen molar-refractivity contribution in [1.29, 1.82) is 0 Å². The van der Waals surface area contributed by atoms with Crippen LogP contribution in [-0.2, 0) is 20.1 Å². The maximum absolute atomic E-state index is 10.0. The van der Waals surface area contributed by atoms with Crippen LogP contribution in [0.1, 0.15) is 35.9 Å². The Kier molecular flexibility index (Phi) is 3.21. The Morgan fingerprint density at radius 3 is 3.16 bits per heavy atom. The molecule has 0 amide bonds. The highest BCUT2D eigenvalue weighted by Crippen LogP contribution is 2.35. The highest BCUT2D eigenvalue weighted by atomic mass is 16.5. The molecule has 100 valence electrons. The van der Waals surface area contributed by atoms with Gasteiger partial charge in [-0.15, -0.1) is 0 Å². The Labute approximate surface area is 111 Å². The Hall–Kier alpha value is -1.88. The molecule has 1 heterocycles. The topological polar surface area (TPSA) is 60.2 Å². The van der Waals surface area contributed by atoms with Crippen LogP contribution in [0, 0.1) is 0 Å². The maximum atomic E-state index is 10.0. The molecule has 0 bridgehead atoms. The molecule has 3 rings (SSSR count). The quantitative estimate of drug-likeness (QED) is 0.912. The molecule has 1 aliphatic rings. The van der Waals surface area contributed by atoms with E-state index in [9.17, 15) is 5.11 Å². The van der Waals surface area contributed by atoms with Crippen molar-refractivity contribution in [1.82, 2.24) is 14.8 Å². The van der Waals surface area contributed by atoms with Crippen molar-refractivity contribution in [3.63, 3.8) is 0 Å². The number of aromatic nitrogens is 3. The minimum atomic E-state index is -0.359. The van der Waals surface area contributed by atoms with E-state index in [-0.39, 0.29) is 6.10 Å². The second-order valence-electron chi connectivity index (χ2n) is 4.82. The van der Waals surface area contributed by atoms with Crippen LogP contribution in [0.15, 0.2) is 24.5 Å². The number of benzene rings is 1. The number of hydrogen-bond donors (Lipinski definition) is 1. The molecule has 1 aromatic heterocycles. The van der Waals surface area contributed by atoms with E-state index in [1.165, 1.54) is 6.33 Å². The van der Waals surface area contributed by atoms with Crippen molar-refractivity contribution >= 4 is 0 Å². The molecule has 0 saturated heterocycles. The predicted molar refractivity (Wildman–Crippen MR) is 69.7 cm³/mol. The van der Waals surface area contributed by atoms with Gasteiger partial charge in [-0.05, 0) is 36.5 Å². The van der Waals surface area contributed by atoms with E-state index in [0.717, 1.165) is 42.0 Å². The molecule has 1 unspecified atom stereocenters. The van der Waals surface area contributed by atoms with E-state index in [0.29, 0.717) is 6.61 Å². The lowest BCUT2D eigenvalue weighted by Crippen LogP contribution is -2.12. The van der Waals surface area contributed by atoms with Crippen LogP contribution >= 0.6 is 0 Å². The van der Waals surface area contributed by atoms with Crippen molar-refractivity contribution in [3.05, 3.63) is 41.5 Å². The maximum Gasteiger partial charge on any atom is 0.164 e. The number of rotatable bonds is 3. The number of ether oxygens (including phenoxy) is 1. The van der Waals surface area contributed by atoms with Gasteiger partial charge in [-0.2, -0.15) is 5.10 Å². The van der Waals surface area contributed by atoms with Crippen LogP contribution in [0.5, 0.6) is 5.75 Å². The van der Waals surface area contributed by atoms with Gasteiger partial charge in [0.05, 0.1) is 6.10 Å². The molecule has 1 atom stereocenters. The van der Waals surface area contributed by atoms with Gasteiger partial charge in [-0.3, -0.25) is 4.68 Å². The summed E-state index contributed by atoms with van der Waals surface area (Å²) >= 11 is 0. The zero-order chi connectivity index (χ0) is 13.2. The van der Waals surface area contributed by atoms with Crippen LogP contribution in [0.2, 0.25) is 0 Å². The Morgan fingerprint density at radius 2 is 2.37 bits per heavy atom. The fourth-order valence-electron chi connectivity index (χ4n) is 2.52. The van der Waals surface area contributed by atoms with Crippen molar-refractivity contribution in [2.45, 2.75) is 32.0 Å². The first kappa shape index (κ1) is 12.2. The molecular weight excluding hydrogens is 242 g/mol. The van der Waals surface area contributed by atoms with Gasteiger partial charge >= 0.3 is 0 Å². The summed E-state index contributed by atoms with van der Waals surface area (Å²) < 4.78 is 7.54. The fraction of sp³-hybridized carbons (Fsp3) is 0.429. The lowest BCUT2D eigenvalue weighted by Gasteiger charge is -2.23. The third-order valence-corrected chi connectivity index (χ3v) is 3.59. The van der Waals surface area contributed by atoms with Crippen molar-refractivity contribution in [3.8, 4) is 5.75 Å².